The zero-order valence-electron chi connectivity index (χ0n) is 17.8. The lowest BCUT2D eigenvalue weighted by Gasteiger charge is -2.07. The van der Waals surface area contributed by atoms with E-state index in [0.717, 1.165) is 22.6 Å². The van der Waals surface area contributed by atoms with E-state index in [0.29, 0.717) is 30.7 Å². The lowest BCUT2D eigenvalue weighted by atomic mass is 10.3. The third-order valence-electron chi connectivity index (χ3n) is 5.24. The largest absolute Gasteiger partial charge is 0.497 e. The van der Waals surface area contributed by atoms with Gasteiger partial charge in [0.05, 0.1) is 13.7 Å². The maximum absolute atomic E-state index is 12.9. The summed E-state index contributed by atoms with van der Waals surface area (Å²) in [6.45, 7) is 3.93. The molecular weight excluding hydrogens is 414 g/mol. The first-order chi connectivity index (χ1) is 15.6. The van der Waals surface area contributed by atoms with Crippen LogP contribution in [0.3, 0.4) is 0 Å². The highest BCUT2D eigenvalue weighted by molar-refractivity contribution is 5.98. The van der Waals surface area contributed by atoms with E-state index in [1.807, 2.05) is 29.7 Å². The summed E-state index contributed by atoms with van der Waals surface area (Å²) in [6.07, 6.45) is 1.68. The smallest absolute Gasteiger partial charge is 0.293 e. The van der Waals surface area contributed by atoms with Gasteiger partial charge in [-0.05, 0) is 25.1 Å². The van der Waals surface area contributed by atoms with E-state index in [-0.39, 0.29) is 24.7 Å². The molecule has 4 rings (SSSR count). The molecule has 32 heavy (non-hydrogen) atoms. The molecule has 1 amide bonds. The zero-order chi connectivity index (χ0) is 22.7. The third kappa shape index (κ3) is 3.80. The molecule has 4 aromatic rings. The highest BCUT2D eigenvalue weighted by Gasteiger charge is 2.26. The van der Waals surface area contributed by atoms with Crippen LogP contribution >= 0.6 is 0 Å². The number of benzene rings is 1. The molecule has 4 N–H and O–H groups in total. The van der Waals surface area contributed by atoms with Gasteiger partial charge in [0.25, 0.3) is 18.2 Å². The summed E-state index contributed by atoms with van der Waals surface area (Å²) in [7, 11) is 1.61. The van der Waals surface area contributed by atoms with Crippen LogP contribution in [0.1, 0.15) is 23.2 Å². The Kier molecular flexibility index (Phi) is 5.88. The number of rotatable bonds is 9. The number of methoxy groups -OCH3 is 1. The minimum Gasteiger partial charge on any atom is -0.497 e. The third-order valence-corrected chi connectivity index (χ3v) is 5.24. The summed E-state index contributed by atoms with van der Waals surface area (Å²) in [5.41, 5.74) is 8.96. The molecule has 0 radical (unpaired) electrons. The molecule has 166 valence electrons. The quantitative estimate of drug-likeness (QED) is 0.200. The predicted octanol–water partition coefficient (Wildman–Crippen LogP) is 0.914. The van der Waals surface area contributed by atoms with E-state index in [2.05, 4.69) is 24.8 Å². The molecule has 11 nitrogen and oxygen atoms in total. The van der Waals surface area contributed by atoms with Crippen molar-refractivity contribution >= 4 is 40.4 Å². The number of hydrogen-bond acceptors (Lipinski definition) is 7. The van der Waals surface area contributed by atoms with Crippen molar-refractivity contribution in [1.82, 2.24) is 24.8 Å². The normalized spacial score (nSPS) is 11.1. The molecule has 0 atom stereocenters. The van der Waals surface area contributed by atoms with Crippen molar-refractivity contribution in [2.75, 3.05) is 19.5 Å². The highest BCUT2D eigenvalue weighted by atomic mass is 16.5. The van der Waals surface area contributed by atoms with Crippen LogP contribution in [-0.4, -0.2) is 45.6 Å². The Bertz CT molecular complexity index is 1290. The lowest BCUT2D eigenvalue weighted by molar-refractivity contribution is -0.681. The number of imidazole rings is 1. The number of ether oxygens (including phenoxy) is 2. The van der Waals surface area contributed by atoms with Gasteiger partial charge < -0.3 is 25.5 Å². The summed E-state index contributed by atoms with van der Waals surface area (Å²) in [5.74, 6) is 1.16. The maximum Gasteiger partial charge on any atom is 0.293 e. The van der Waals surface area contributed by atoms with E-state index in [4.69, 9.17) is 15.2 Å². The number of nitrogen functional groups attached to an aromatic ring is 1. The van der Waals surface area contributed by atoms with Crippen molar-refractivity contribution in [2.45, 2.75) is 26.6 Å². The fraction of sp³-hybridized carbons (Fsp3) is 0.286. The van der Waals surface area contributed by atoms with Crippen LogP contribution in [0, 0.1) is 0 Å². The zero-order valence-corrected chi connectivity index (χ0v) is 17.8. The maximum atomic E-state index is 12.9. The van der Waals surface area contributed by atoms with Crippen molar-refractivity contribution in [3.05, 3.63) is 42.0 Å². The van der Waals surface area contributed by atoms with Crippen LogP contribution in [0.15, 0.2) is 30.5 Å². The average molecular weight is 438 g/mol. The number of nitrogens with two attached hydrogens (primary N) is 1. The number of H-pyrrole nitrogens is 1. The highest BCUT2D eigenvalue weighted by Crippen LogP contribution is 2.21. The first-order valence-electron chi connectivity index (χ1n) is 10.1. The van der Waals surface area contributed by atoms with E-state index < -0.39 is 5.91 Å². The second kappa shape index (κ2) is 8.92. The summed E-state index contributed by atoms with van der Waals surface area (Å²) < 4.78 is 14.4. The predicted molar refractivity (Wildman–Crippen MR) is 116 cm³/mol. The Balaban J connectivity index is 1.68. The Morgan fingerprint density at radius 3 is 2.94 bits per heavy atom. The molecule has 0 saturated carbocycles. The Hall–Kier alpha value is -4.15. The Labute approximate surface area is 183 Å². The molecule has 0 aliphatic carbocycles. The van der Waals surface area contributed by atoms with E-state index in [1.54, 1.807) is 19.4 Å². The van der Waals surface area contributed by atoms with Gasteiger partial charge in [-0.3, -0.25) is 9.59 Å². The molecule has 3 heterocycles. The molecule has 0 aliphatic rings. The molecule has 11 heteroatoms. The van der Waals surface area contributed by atoms with Gasteiger partial charge in [0.1, 0.15) is 31.0 Å². The standard InChI is InChI=1S/C21H23N7O4/c1-3-27-16-10-13(31-2)4-5-15(16)28(8-9-32-12-29)17(27)11-24-21(30)18-19(22)26-20-14(25-18)6-7-23-20/h4-7,10,12H,3,8-9,11H2,1-2H3,(H3-,22,23,24,25,26,30)/p+1. The molecule has 0 saturated heterocycles. The molecule has 0 fully saturated rings. The van der Waals surface area contributed by atoms with Gasteiger partial charge in [-0.2, -0.15) is 0 Å². The molecule has 0 bridgehead atoms. The number of aromatic amines is 1. The molecule has 0 aliphatic heterocycles. The summed E-state index contributed by atoms with van der Waals surface area (Å²) in [6, 6.07) is 7.46. The number of nitrogens with zero attached hydrogens (tertiary/aromatic N) is 4. The minimum absolute atomic E-state index is 0.0467. The first-order valence-corrected chi connectivity index (χ1v) is 10.1. The van der Waals surface area contributed by atoms with E-state index >= 15 is 0 Å². The van der Waals surface area contributed by atoms with E-state index in [9.17, 15) is 9.59 Å². The Morgan fingerprint density at radius 1 is 1.34 bits per heavy atom. The van der Waals surface area contributed by atoms with Crippen molar-refractivity contribution in [1.29, 1.82) is 0 Å². The molecule has 0 unspecified atom stereocenters. The number of nitrogens with one attached hydrogen (secondary N) is 2. The van der Waals surface area contributed by atoms with Gasteiger partial charge in [-0.1, -0.05) is 0 Å². The van der Waals surface area contributed by atoms with Crippen molar-refractivity contribution in [3.63, 3.8) is 0 Å². The Morgan fingerprint density at radius 2 is 2.19 bits per heavy atom. The van der Waals surface area contributed by atoms with Gasteiger partial charge in [-0.25, -0.2) is 19.1 Å². The van der Waals surface area contributed by atoms with Crippen LogP contribution in [0.2, 0.25) is 0 Å². The number of aryl methyl sites for hydroxylation is 1. The number of aromatic nitrogens is 5. The fourth-order valence-electron chi connectivity index (χ4n) is 3.78. The SMILES string of the molecule is CCn1c(CNC(=O)c2nc3cc[nH]c3nc2N)[n+](CCOC=O)c2ccc(OC)cc21. The van der Waals surface area contributed by atoms with Gasteiger partial charge in [0.2, 0.25) is 0 Å². The van der Waals surface area contributed by atoms with Gasteiger partial charge >= 0.3 is 0 Å². The molecule has 3 aromatic heterocycles. The van der Waals surface area contributed by atoms with Crippen LogP contribution in [0.5, 0.6) is 5.75 Å². The second-order valence-corrected chi connectivity index (χ2v) is 6.99. The summed E-state index contributed by atoms with van der Waals surface area (Å²) in [4.78, 5) is 34.9. The topological polar surface area (TPSA) is 141 Å². The van der Waals surface area contributed by atoms with Crippen LogP contribution in [0.4, 0.5) is 5.82 Å². The average Bonchev–Trinajstić information content (AvgIpc) is 3.37. The molecule has 0 spiro atoms. The van der Waals surface area contributed by atoms with Gasteiger partial charge in [0.15, 0.2) is 28.2 Å². The number of carbonyl (C=O) groups is 2. The van der Waals surface area contributed by atoms with Crippen LogP contribution < -0.4 is 20.4 Å². The van der Waals surface area contributed by atoms with Crippen molar-refractivity contribution in [2.24, 2.45) is 0 Å². The first kappa shape index (κ1) is 21.1. The van der Waals surface area contributed by atoms with Crippen molar-refractivity contribution < 1.29 is 23.6 Å². The number of carbonyl (C=O) groups excluding carboxylic acids is 2. The molecular formula is C21H24N7O4+. The minimum atomic E-state index is -0.431. The summed E-state index contributed by atoms with van der Waals surface area (Å²) >= 11 is 0. The van der Waals surface area contributed by atoms with E-state index in [1.165, 1.54) is 0 Å². The monoisotopic (exact) mass is 438 g/mol. The van der Waals surface area contributed by atoms with Gasteiger partial charge in [-0.15, -0.1) is 0 Å². The molecule has 1 aromatic carbocycles. The second-order valence-electron chi connectivity index (χ2n) is 6.99. The fourth-order valence-corrected chi connectivity index (χ4v) is 3.78. The van der Waals surface area contributed by atoms with Crippen LogP contribution in [-0.2, 0) is 29.2 Å². The number of fused-ring (bicyclic) bond motifs is 2. The van der Waals surface area contributed by atoms with Crippen LogP contribution in [0.25, 0.3) is 22.2 Å². The van der Waals surface area contributed by atoms with Crippen molar-refractivity contribution in [3.8, 4) is 5.75 Å². The summed E-state index contributed by atoms with van der Waals surface area (Å²) in [5, 5.41) is 2.89. The van der Waals surface area contributed by atoms with Gasteiger partial charge in [0, 0.05) is 12.3 Å². The number of anilines is 1. The number of hydrogen-bond donors (Lipinski definition) is 3. The lowest BCUT2D eigenvalue weighted by Crippen LogP contribution is -2.43. The number of amides is 1.